The van der Waals surface area contributed by atoms with E-state index in [1.165, 1.54) is 0 Å². The van der Waals surface area contributed by atoms with Crippen LogP contribution in [0.4, 0.5) is 5.95 Å². The van der Waals surface area contributed by atoms with Crippen LogP contribution in [0, 0.1) is 18.8 Å². The van der Waals surface area contributed by atoms with Crippen molar-refractivity contribution in [2.75, 3.05) is 5.73 Å². The number of aryl methyl sites for hydroxylation is 2. The number of aromatic nitrogens is 3. The Bertz CT molecular complexity index is 630. The Morgan fingerprint density at radius 1 is 1.26 bits per heavy atom. The van der Waals surface area contributed by atoms with Crippen molar-refractivity contribution in [2.45, 2.75) is 20.3 Å². The number of pyridine rings is 1. The van der Waals surface area contributed by atoms with Crippen LogP contribution < -0.4 is 5.73 Å². The van der Waals surface area contributed by atoms with Crippen LogP contribution in [0.3, 0.4) is 0 Å². The highest BCUT2D eigenvalue weighted by molar-refractivity contribution is 6.30. The van der Waals surface area contributed by atoms with E-state index in [0.29, 0.717) is 11.3 Å². The second kappa shape index (κ2) is 5.68. The van der Waals surface area contributed by atoms with E-state index in [1.807, 2.05) is 12.1 Å². The van der Waals surface area contributed by atoms with E-state index in [-0.39, 0.29) is 11.1 Å². The first kappa shape index (κ1) is 13.3. The maximum Gasteiger partial charge on any atom is 0.221 e. The van der Waals surface area contributed by atoms with E-state index in [0.717, 1.165) is 17.7 Å². The predicted molar refractivity (Wildman–Crippen MR) is 75.8 cm³/mol. The summed E-state index contributed by atoms with van der Waals surface area (Å²) in [5.41, 5.74) is 8.63. The van der Waals surface area contributed by atoms with Gasteiger partial charge in [-0.3, -0.25) is 4.98 Å². The number of hydrogen-bond donors (Lipinski definition) is 1. The molecule has 0 spiro atoms. The zero-order valence-electron chi connectivity index (χ0n) is 10.7. The molecule has 0 bridgehead atoms. The molecule has 0 amide bonds. The lowest BCUT2D eigenvalue weighted by atomic mass is 10.2. The molecule has 4 nitrogen and oxygen atoms in total. The molecular formula is C14H13ClN4. The monoisotopic (exact) mass is 272 g/mol. The lowest BCUT2D eigenvalue weighted by Gasteiger charge is -2.00. The number of nitrogens with two attached hydrogens (primary N) is 1. The number of rotatable bonds is 1. The van der Waals surface area contributed by atoms with Crippen molar-refractivity contribution in [3.05, 3.63) is 46.0 Å². The van der Waals surface area contributed by atoms with E-state index in [1.54, 1.807) is 13.1 Å². The van der Waals surface area contributed by atoms with Crippen LogP contribution in [-0.4, -0.2) is 15.0 Å². The Balaban J connectivity index is 2.33. The molecule has 2 N–H and O–H groups in total. The van der Waals surface area contributed by atoms with Gasteiger partial charge in [-0.25, -0.2) is 4.98 Å². The second-order valence-corrected chi connectivity index (χ2v) is 4.33. The van der Waals surface area contributed by atoms with Crippen molar-refractivity contribution in [2.24, 2.45) is 0 Å². The standard InChI is InChI=1S/C14H13ClN4/c1-3-11-6-4-10(8-17-11)5-7-12-9(2)18-14(16)19-13(12)15/h4,6,8H,3H2,1-2H3,(H2,16,18,19). The Morgan fingerprint density at radius 3 is 2.63 bits per heavy atom. The first-order valence-electron chi connectivity index (χ1n) is 5.86. The Hall–Kier alpha value is -2.12. The fourth-order valence-electron chi connectivity index (χ4n) is 1.54. The van der Waals surface area contributed by atoms with Gasteiger partial charge in [0.1, 0.15) is 0 Å². The summed E-state index contributed by atoms with van der Waals surface area (Å²) < 4.78 is 0. The molecular weight excluding hydrogens is 260 g/mol. The summed E-state index contributed by atoms with van der Waals surface area (Å²) >= 11 is 6.00. The summed E-state index contributed by atoms with van der Waals surface area (Å²) in [6.45, 7) is 3.86. The largest absolute Gasteiger partial charge is 0.368 e. The third-order valence-electron chi connectivity index (χ3n) is 2.58. The molecule has 96 valence electrons. The smallest absolute Gasteiger partial charge is 0.221 e. The lowest BCUT2D eigenvalue weighted by molar-refractivity contribution is 1.03. The van der Waals surface area contributed by atoms with Crippen molar-refractivity contribution in [3.8, 4) is 11.8 Å². The maximum absolute atomic E-state index is 6.00. The molecule has 0 aromatic carbocycles. The van der Waals surface area contributed by atoms with Crippen LogP contribution in [0.1, 0.15) is 29.4 Å². The van der Waals surface area contributed by atoms with Crippen molar-refractivity contribution >= 4 is 17.5 Å². The minimum atomic E-state index is 0.155. The van der Waals surface area contributed by atoms with Gasteiger partial charge < -0.3 is 5.73 Å². The van der Waals surface area contributed by atoms with Crippen LogP contribution in [0.2, 0.25) is 5.15 Å². The number of anilines is 1. The highest BCUT2D eigenvalue weighted by atomic mass is 35.5. The molecule has 5 heteroatoms. The van der Waals surface area contributed by atoms with E-state index < -0.39 is 0 Å². The SMILES string of the molecule is CCc1ccc(C#Cc2c(C)nc(N)nc2Cl)cn1. The molecule has 0 saturated heterocycles. The molecule has 0 aliphatic rings. The van der Waals surface area contributed by atoms with E-state index in [2.05, 4.69) is 33.7 Å². The summed E-state index contributed by atoms with van der Waals surface area (Å²) in [6.07, 6.45) is 2.65. The molecule has 2 rings (SSSR count). The van der Waals surface area contributed by atoms with Gasteiger partial charge in [0.05, 0.1) is 11.3 Å². The van der Waals surface area contributed by atoms with Crippen molar-refractivity contribution in [3.63, 3.8) is 0 Å². The average molecular weight is 273 g/mol. The van der Waals surface area contributed by atoms with Crippen molar-refractivity contribution < 1.29 is 0 Å². The topological polar surface area (TPSA) is 64.7 Å². The molecule has 2 heterocycles. The lowest BCUT2D eigenvalue weighted by Crippen LogP contribution is -2.00. The van der Waals surface area contributed by atoms with Crippen LogP contribution >= 0.6 is 11.6 Å². The Morgan fingerprint density at radius 2 is 2.05 bits per heavy atom. The van der Waals surface area contributed by atoms with Gasteiger partial charge in [-0.15, -0.1) is 0 Å². The van der Waals surface area contributed by atoms with Crippen LogP contribution in [-0.2, 0) is 6.42 Å². The van der Waals surface area contributed by atoms with E-state index in [9.17, 15) is 0 Å². The fraction of sp³-hybridized carbons (Fsp3) is 0.214. The number of hydrogen-bond acceptors (Lipinski definition) is 4. The highest BCUT2D eigenvalue weighted by Crippen LogP contribution is 2.15. The zero-order chi connectivity index (χ0) is 13.8. The van der Waals surface area contributed by atoms with Gasteiger partial charge in [-0.2, -0.15) is 4.98 Å². The average Bonchev–Trinajstić information content (AvgIpc) is 2.38. The fourth-order valence-corrected chi connectivity index (χ4v) is 1.81. The molecule has 0 unspecified atom stereocenters. The van der Waals surface area contributed by atoms with Crippen LogP contribution in [0.25, 0.3) is 0 Å². The van der Waals surface area contributed by atoms with Gasteiger partial charge >= 0.3 is 0 Å². The molecule has 0 fully saturated rings. The van der Waals surface area contributed by atoms with Gasteiger partial charge in [0, 0.05) is 17.5 Å². The first-order valence-corrected chi connectivity index (χ1v) is 6.24. The molecule has 0 radical (unpaired) electrons. The van der Waals surface area contributed by atoms with E-state index >= 15 is 0 Å². The minimum absolute atomic E-state index is 0.155. The molecule has 0 atom stereocenters. The van der Waals surface area contributed by atoms with Crippen molar-refractivity contribution in [1.82, 2.24) is 15.0 Å². The second-order valence-electron chi connectivity index (χ2n) is 3.97. The molecule has 19 heavy (non-hydrogen) atoms. The predicted octanol–water partition coefficient (Wildman–Crippen LogP) is 2.38. The molecule has 0 aliphatic carbocycles. The van der Waals surface area contributed by atoms with Gasteiger partial charge in [0.15, 0.2) is 5.15 Å². The van der Waals surface area contributed by atoms with Gasteiger partial charge in [0.2, 0.25) is 5.95 Å². The Labute approximate surface area is 117 Å². The van der Waals surface area contributed by atoms with Gasteiger partial charge in [-0.05, 0) is 25.5 Å². The molecule has 2 aromatic heterocycles. The normalized spacial score (nSPS) is 9.84. The van der Waals surface area contributed by atoms with Crippen LogP contribution in [0.5, 0.6) is 0 Å². The minimum Gasteiger partial charge on any atom is -0.368 e. The number of nitrogens with zero attached hydrogens (tertiary/aromatic N) is 3. The summed E-state index contributed by atoms with van der Waals surface area (Å²) in [5.74, 6) is 6.11. The summed E-state index contributed by atoms with van der Waals surface area (Å²) in [4.78, 5) is 12.2. The van der Waals surface area contributed by atoms with Gasteiger partial charge in [-0.1, -0.05) is 30.4 Å². The third kappa shape index (κ3) is 3.21. The Kier molecular flexibility index (Phi) is 3.98. The quantitative estimate of drug-likeness (QED) is 0.639. The van der Waals surface area contributed by atoms with Gasteiger partial charge in [0.25, 0.3) is 0 Å². The van der Waals surface area contributed by atoms with E-state index in [4.69, 9.17) is 17.3 Å². The summed E-state index contributed by atoms with van der Waals surface area (Å²) in [6, 6.07) is 3.89. The number of halogens is 1. The molecule has 2 aromatic rings. The van der Waals surface area contributed by atoms with Crippen molar-refractivity contribution in [1.29, 1.82) is 0 Å². The summed E-state index contributed by atoms with van der Waals surface area (Å²) in [7, 11) is 0. The maximum atomic E-state index is 6.00. The van der Waals surface area contributed by atoms with Crippen LogP contribution in [0.15, 0.2) is 18.3 Å². The summed E-state index contributed by atoms with van der Waals surface area (Å²) in [5, 5.41) is 0.274. The zero-order valence-corrected chi connectivity index (χ0v) is 11.5. The number of nitrogen functional groups attached to an aromatic ring is 1. The molecule has 0 aliphatic heterocycles. The third-order valence-corrected chi connectivity index (χ3v) is 2.86. The molecule has 0 saturated carbocycles. The highest BCUT2D eigenvalue weighted by Gasteiger charge is 2.05. The first-order chi connectivity index (χ1) is 9.10.